The second-order valence-electron chi connectivity index (χ2n) is 6.65. The zero-order chi connectivity index (χ0) is 19.8. The third kappa shape index (κ3) is 10.5. The summed E-state index contributed by atoms with van der Waals surface area (Å²) in [5.74, 6) is 0.272. The Kier molecular flexibility index (Phi) is 11.7. The maximum absolute atomic E-state index is 13.3. The largest absolute Gasteiger partial charge is 0.357 e. The minimum absolute atomic E-state index is 0. The molecule has 0 amide bonds. The average Bonchev–Trinajstić information content (AvgIpc) is 2.50. The van der Waals surface area contributed by atoms with Crippen molar-refractivity contribution in [2.75, 3.05) is 32.4 Å². The van der Waals surface area contributed by atoms with Crippen LogP contribution >= 0.6 is 35.6 Å². The summed E-state index contributed by atoms with van der Waals surface area (Å²) in [6.07, 6.45) is 1.76. The van der Waals surface area contributed by atoms with E-state index >= 15 is 0 Å². The van der Waals surface area contributed by atoms with Gasteiger partial charge in [-0.3, -0.25) is 4.99 Å². The number of sulfonamides is 1. The van der Waals surface area contributed by atoms with Gasteiger partial charge in [0, 0.05) is 30.1 Å². The molecule has 1 aromatic carbocycles. The van der Waals surface area contributed by atoms with Gasteiger partial charge in [-0.1, -0.05) is 31.5 Å². The number of guanidine groups is 1. The molecule has 6 nitrogen and oxygen atoms in total. The molecular weight excluding hydrogens is 506 g/mol. The van der Waals surface area contributed by atoms with E-state index in [1.807, 2.05) is 20.8 Å². The summed E-state index contributed by atoms with van der Waals surface area (Å²) < 4.78 is 37.7. The number of aliphatic imine (C=N–C) groups is 1. The molecule has 27 heavy (non-hydrogen) atoms. The monoisotopic (exact) mass is 534 g/mol. The summed E-state index contributed by atoms with van der Waals surface area (Å²) in [4.78, 5) is 4.57. The normalized spacial score (nSPS) is 12.4. The van der Waals surface area contributed by atoms with Gasteiger partial charge < -0.3 is 10.6 Å². The average molecular weight is 535 g/mol. The third-order valence-corrected chi connectivity index (χ3v) is 4.69. The summed E-state index contributed by atoms with van der Waals surface area (Å²) in [6.45, 7) is 8.04. The Bertz CT molecular complexity index is 730. The van der Waals surface area contributed by atoms with Crippen LogP contribution in [0.2, 0.25) is 5.02 Å². The maximum Gasteiger partial charge on any atom is 0.208 e. The van der Waals surface area contributed by atoms with Crippen LogP contribution in [0.5, 0.6) is 0 Å². The van der Waals surface area contributed by atoms with Gasteiger partial charge in [-0.25, -0.2) is 17.5 Å². The molecule has 0 aliphatic heterocycles. The molecule has 0 heterocycles. The maximum atomic E-state index is 13.3. The minimum atomic E-state index is -3.17. The number of rotatable bonds is 9. The van der Waals surface area contributed by atoms with Gasteiger partial charge in [-0.15, -0.1) is 24.0 Å². The van der Waals surface area contributed by atoms with E-state index in [4.69, 9.17) is 11.6 Å². The SMILES string of the molecule is CCNC(=NCC(C)(C)c1ccc(F)cc1Cl)NCCCNS(C)(=O)=O.I. The first kappa shape index (κ1) is 26.4. The summed E-state index contributed by atoms with van der Waals surface area (Å²) in [5.41, 5.74) is 0.461. The summed E-state index contributed by atoms with van der Waals surface area (Å²) >= 11 is 6.17. The van der Waals surface area contributed by atoms with E-state index in [9.17, 15) is 12.8 Å². The highest BCUT2D eigenvalue weighted by Crippen LogP contribution is 2.30. The molecule has 0 saturated heterocycles. The van der Waals surface area contributed by atoms with E-state index in [0.717, 1.165) is 11.8 Å². The van der Waals surface area contributed by atoms with Crippen molar-refractivity contribution in [1.29, 1.82) is 0 Å². The fraction of sp³-hybridized carbons (Fsp3) is 0.588. The molecule has 0 unspecified atom stereocenters. The van der Waals surface area contributed by atoms with E-state index < -0.39 is 10.0 Å². The van der Waals surface area contributed by atoms with E-state index in [0.29, 0.717) is 43.6 Å². The second-order valence-corrected chi connectivity index (χ2v) is 8.89. The van der Waals surface area contributed by atoms with Crippen molar-refractivity contribution in [2.45, 2.75) is 32.6 Å². The standard InChI is InChI=1S/C17H28ClFN4O2S.HI/c1-5-20-16(21-9-6-10-23-26(4,24)25)22-12-17(2,3)14-8-7-13(19)11-15(14)18;/h7-8,11,23H,5-6,9-10,12H2,1-4H3,(H2,20,21,22);1H. The first-order chi connectivity index (χ1) is 12.0. The fourth-order valence-corrected chi connectivity index (χ4v) is 3.23. The van der Waals surface area contributed by atoms with Crippen molar-refractivity contribution < 1.29 is 12.8 Å². The van der Waals surface area contributed by atoms with Crippen molar-refractivity contribution in [3.63, 3.8) is 0 Å². The topological polar surface area (TPSA) is 82.6 Å². The second kappa shape index (κ2) is 12.0. The molecule has 10 heteroatoms. The molecule has 3 N–H and O–H groups in total. The van der Waals surface area contributed by atoms with Crippen LogP contribution in [0, 0.1) is 5.82 Å². The highest BCUT2D eigenvalue weighted by atomic mass is 127. The van der Waals surface area contributed by atoms with Gasteiger partial charge in [0.1, 0.15) is 5.82 Å². The van der Waals surface area contributed by atoms with Crippen molar-refractivity contribution in [3.8, 4) is 0 Å². The van der Waals surface area contributed by atoms with Crippen LogP contribution in [-0.4, -0.2) is 46.8 Å². The van der Waals surface area contributed by atoms with Crippen LogP contribution < -0.4 is 15.4 Å². The van der Waals surface area contributed by atoms with Crippen LogP contribution in [0.3, 0.4) is 0 Å². The lowest BCUT2D eigenvalue weighted by molar-refractivity contribution is 0.534. The van der Waals surface area contributed by atoms with Crippen LogP contribution in [0.1, 0.15) is 32.8 Å². The summed E-state index contributed by atoms with van der Waals surface area (Å²) in [5, 5.41) is 6.69. The highest BCUT2D eigenvalue weighted by Gasteiger charge is 2.23. The lowest BCUT2D eigenvalue weighted by Crippen LogP contribution is -2.39. The van der Waals surface area contributed by atoms with Crippen molar-refractivity contribution >= 4 is 51.6 Å². The van der Waals surface area contributed by atoms with E-state index in [1.54, 1.807) is 6.07 Å². The zero-order valence-electron chi connectivity index (χ0n) is 16.1. The zero-order valence-corrected chi connectivity index (χ0v) is 20.0. The van der Waals surface area contributed by atoms with Gasteiger partial charge >= 0.3 is 0 Å². The molecule has 0 spiro atoms. The number of benzene rings is 1. The number of hydrogen-bond donors (Lipinski definition) is 3. The van der Waals surface area contributed by atoms with Crippen molar-refractivity contribution in [1.82, 2.24) is 15.4 Å². The first-order valence-corrected chi connectivity index (χ1v) is 10.7. The first-order valence-electron chi connectivity index (χ1n) is 8.47. The van der Waals surface area contributed by atoms with Gasteiger partial charge in [-0.2, -0.15) is 0 Å². The van der Waals surface area contributed by atoms with E-state index in [1.165, 1.54) is 12.1 Å². The Hall–Kier alpha value is -0.650. The number of nitrogens with one attached hydrogen (secondary N) is 3. The molecule has 0 saturated carbocycles. The quantitative estimate of drug-likeness (QED) is 0.197. The Morgan fingerprint density at radius 1 is 1.26 bits per heavy atom. The number of hydrogen-bond acceptors (Lipinski definition) is 3. The fourth-order valence-electron chi connectivity index (χ4n) is 2.29. The molecule has 0 fully saturated rings. The van der Waals surface area contributed by atoms with E-state index in [2.05, 4.69) is 20.3 Å². The van der Waals surface area contributed by atoms with Crippen LogP contribution in [0.25, 0.3) is 0 Å². The molecule has 0 aliphatic rings. The highest BCUT2D eigenvalue weighted by molar-refractivity contribution is 14.0. The molecule has 0 bridgehead atoms. The smallest absolute Gasteiger partial charge is 0.208 e. The lowest BCUT2D eigenvalue weighted by Gasteiger charge is -2.25. The molecule has 156 valence electrons. The minimum Gasteiger partial charge on any atom is -0.357 e. The molecular formula is C17H29ClFIN4O2S. The van der Waals surface area contributed by atoms with Crippen molar-refractivity contribution in [3.05, 3.63) is 34.6 Å². The molecule has 0 aromatic heterocycles. The van der Waals surface area contributed by atoms with Gasteiger partial charge in [-0.05, 0) is 31.0 Å². The molecule has 0 radical (unpaired) electrons. The third-order valence-electron chi connectivity index (χ3n) is 3.65. The Morgan fingerprint density at radius 2 is 1.93 bits per heavy atom. The number of halogens is 3. The summed E-state index contributed by atoms with van der Waals surface area (Å²) in [6, 6.07) is 4.38. The predicted molar refractivity (Wildman–Crippen MR) is 121 cm³/mol. The molecule has 1 aromatic rings. The molecule has 0 atom stereocenters. The van der Waals surface area contributed by atoms with Gasteiger partial charge in [0.15, 0.2) is 5.96 Å². The molecule has 0 aliphatic carbocycles. The Labute approximate surface area is 183 Å². The van der Waals surface area contributed by atoms with Gasteiger partial charge in [0.05, 0.1) is 12.8 Å². The van der Waals surface area contributed by atoms with Crippen LogP contribution in [0.4, 0.5) is 4.39 Å². The lowest BCUT2D eigenvalue weighted by atomic mass is 9.84. The van der Waals surface area contributed by atoms with Gasteiger partial charge in [0.2, 0.25) is 10.0 Å². The van der Waals surface area contributed by atoms with Crippen molar-refractivity contribution in [2.24, 2.45) is 4.99 Å². The Morgan fingerprint density at radius 3 is 2.48 bits per heavy atom. The molecule has 1 rings (SSSR count). The van der Waals surface area contributed by atoms with E-state index in [-0.39, 0.29) is 35.2 Å². The van der Waals surface area contributed by atoms with Crippen LogP contribution in [-0.2, 0) is 15.4 Å². The van der Waals surface area contributed by atoms with Gasteiger partial charge in [0.25, 0.3) is 0 Å². The predicted octanol–water partition coefficient (Wildman–Crippen LogP) is 2.87. The van der Waals surface area contributed by atoms with Crippen LogP contribution in [0.15, 0.2) is 23.2 Å². The Balaban J connectivity index is 0.00000676. The number of nitrogens with zero attached hydrogens (tertiary/aromatic N) is 1. The summed E-state index contributed by atoms with van der Waals surface area (Å²) in [7, 11) is -3.17.